The molecule has 1 aromatic carbocycles. The highest BCUT2D eigenvalue weighted by Crippen LogP contribution is 2.17. The topological polar surface area (TPSA) is 61.4 Å². The summed E-state index contributed by atoms with van der Waals surface area (Å²) in [6.07, 6.45) is 0. The van der Waals surface area contributed by atoms with Gasteiger partial charge in [0.15, 0.2) is 11.5 Å². The number of aryl methyl sites for hydroxylation is 2. The van der Waals surface area contributed by atoms with Gasteiger partial charge in [-0.25, -0.2) is 0 Å². The van der Waals surface area contributed by atoms with Gasteiger partial charge in [0.2, 0.25) is 0 Å². The molecule has 0 saturated carbocycles. The summed E-state index contributed by atoms with van der Waals surface area (Å²) in [5, 5.41) is 11.2. The lowest BCUT2D eigenvalue weighted by Gasteiger charge is -2.32. The van der Waals surface area contributed by atoms with E-state index in [1.807, 2.05) is 38.1 Å². The Hall–Kier alpha value is -2.47. The van der Waals surface area contributed by atoms with E-state index in [4.69, 9.17) is 0 Å². The van der Waals surface area contributed by atoms with Crippen LogP contribution in [0.1, 0.15) is 21.6 Å². The Labute approximate surface area is 142 Å². The molecule has 0 bridgehead atoms. The molecule has 3 rings (SSSR count). The van der Waals surface area contributed by atoms with Crippen LogP contribution in [0.5, 0.6) is 0 Å². The molecule has 1 aliphatic rings. The highest BCUT2D eigenvalue weighted by Gasteiger charge is 2.17. The molecule has 0 unspecified atom stereocenters. The van der Waals surface area contributed by atoms with Gasteiger partial charge in [0.1, 0.15) is 0 Å². The van der Waals surface area contributed by atoms with Gasteiger partial charge >= 0.3 is 0 Å². The monoisotopic (exact) mass is 325 g/mol. The molecular formula is C18H23N5O. The van der Waals surface area contributed by atoms with E-state index in [0.717, 1.165) is 43.2 Å². The van der Waals surface area contributed by atoms with Gasteiger partial charge in [-0.3, -0.25) is 4.79 Å². The van der Waals surface area contributed by atoms with Crippen molar-refractivity contribution in [3.05, 3.63) is 47.2 Å². The standard InChI is InChI=1S/C18H23N5O/c1-13-4-5-15(14(2)12-13)19-18(24)16-6-7-17(21-20-16)23-10-8-22(3)9-11-23/h4-7,12H,8-11H2,1-3H3,(H,19,24). The molecule has 1 aliphatic heterocycles. The highest BCUT2D eigenvalue weighted by atomic mass is 16.1. The molecule has 6 nitrogen and oxygen atoms in total. The van der Waals surface area contributed by atoms with Gasteiger partial charge in [-0.05, 0) is 44.7 Å². The van der Waals surface area contributed by atoms with E-state index >= 15 is 0 Å². The number of carbonyl (C=O) groups excluding carboxylic acids is 1. The van der Waals surface area contributed by atoms with Crippen LogP contribution in [0.2, 0.25) is 0 Å². The molecular weight excluding hydrogens is 302 g/mol. The van der Waals surface area contributed by atoms with Crippen molar-refractivity contribution in [1.82, 2.24) is 15.1 Å². The molecule has 0 atom stereocenters. The van der Waals surface area contributed by atoms with E-state index in [0.29, 0.717) is 5.69 Å². The van der Waals surface area contributed by atoms with Gasteiger partial charge in [0.25, 0.3) is 5.91 Å². The fraction of sp³-hybridized carbons (Fsp3) is 0.389. The van der Waals surface area contributed by atoms with E-state index in [-0.39, 0.29) is 5.91 Å². The van der Waals surface area contributed by atoms with E-state index in [2.05, 4.69) is 32.4 Å². The molecule has 0 radical (unpaired) electrons. The van der Waals surface area contributed by atoms with Crippen LogP contribution in [-0.2, 0) is 0 Å². The van der Waals surface area contributed by atoms with Crippen LogP contribution in [0.15, 0.2) is 30.3 Å². The van der Waals surface area contributed by atoms with Crippen molar-refractivity contribution in [1.29, 1.82) is 0 Å². The lowest BCUT2D eigenvalue weighted by molar-refractivity contribution is 0.102. The minimum atomic E-state index is -0.237. The average molecular weight is 325 g/mol. The van der Waals surface area contributed by atoms with Crippen molar-refractivity contribution in [3.8, 4) is 0 Å². The summed E-state index contributed by atoms with van der Waals surface area (Å²) in [5.74, 6) is 0.588. The lowest BCUT2D eigenvalue weighted by atomic mass is 10.1. The Morgan fingerprint density at radius 2 is 1.79 bits per heavy atom. The van der Waals surface area contributed by atoms with E-state index in [1.165, 1.54) is 5.56 Å². The molecule has 1 N–H and O–H groups in total. The average Bonchev–Trinajstić information content (AvgIpc) is 2.58. The lowest BCUT2D eigenvalue weighted by Crippen LogP contribution is -2.44. The fourth-order valence-electron chi connectivity index (χ4n) is 2.79. The number of carbonyl (C=O) groups is 1. The molecule has 1 aromatic heterocycles. The summed E-state index contributed by atoms with van der Waals surface area (Å²) in [6, 6.07) is 9.53. The van der Waals surface area contributed by atoms with Gasteiger partial charge < -0.3 is 15.1 Å². The maximum atomic E-state index is 12.3. The van der Waals surface area contributed by atoms with Crippen molar-refractivity contribution in [2.75, 3.05) is 43.4 Å². The minimum absolute atomic E-state index is 0.237. The number of nitrogens with one attached hydrogen (secondary N) is 1. The van der Waals surface area contributed by atoms with Gasteiger partial charge in [-0.1, -0.05) is 17.7 Å². The number of likely N-dealkylation sites (N-methyl/N-ethyl adjacent to an activating group) is 1. The second-order valence-corrected chi connectivity index (χ2v) is 6.34. The molecule has 1 saturated heterocycles. The first-order valence-electron chi connectivity index (χ1n) is 8.19. The Morgan fingerprint density at radius 3 is 2.42 bits per heavy atom. The van der Waals surface area contributed by atoms with Crippen LogP contribution in [0.4, 0.5) is 11.5 Å². The summed E-state index contributed by atoms with van der Waals surface area (Å²) < 4.78 is 0. The first-order chi connectivity index (χ1) is 11.5. The van der Waals surface area contributed by atoms with Crippen LogP contribution in [0.25, 0.3) is 0 Å². The third kappa shape index (κ3) is 3.71. The second-order valence-electron chi connectivity index (χ2n) is 6.34. The predicted octanol–water partition coefficient (Wildman–Crippen LogP) is 2.10. The van der Waals surface area contributed by atoms with Crippen LogP contribution in [0, 0.1) is 13.8 Å². The number of rotatable bonds is 3. The first kappa shape index (κ1) is 16.4. The summed E-state index contributed by atoms with van der Waals surface area (Å²) in [7, 11) is 2.11. The van der Waals surface area contributed by atoms with Gasteiger partial charge in [-0.2, -0.15) is 0 Å². The van der Waals surface area contributed by atoms with Crippen molar-refractivity contribution < 1.29 is 4.79 Å². The summed E-state index contributed by atoms with van der Waals surface area (Å²) >= 11 is 0. The summed E-state index contributed by atoms with van der Waals surface area (Å²) in [4.78, 5) is 16.8. The third-order valence-electron chi connectivity index (χ3n) is 4.34. The number of anilines is 2. The zero-order valence-electron chi connectivity index (χ0n) is 14.4. The number of hydrogen-bond donors (Lipinski definition) is 1. The van der Waals surface area contributed by atoms with Crippen LogP contribution in [-0.4, -0.2) is 54.2 Å². The van der Waals surface area contributed by atoms with Gasteiger partial charge in [0.05, 0.1) is 0 Å². The van der Waals surface area contributed by atoms with Crippen LogP contribution in [0.3, 0.4) is 0 Å². The molecule has 0 spiro atoms. The number of benzene rings is 1. The second kappa shape index (κ2) is 6.97. The smallest absolute Gasteiger partial charge is 0.276 e. The number of nitrogens with zero attached hydrogens (tertiary/aromatic N) is 4. The minimum Gasteiger partial charge on any atom is -0.353 e. The van der Waals surface area contributed by atoms with Gasteiger partial charge in [-0.15, -0.1) is 10.2 Å². The molecule has 6 heteroatoms. The quantitative estimate of drug-likeness (QED) is 0.936. The largest absolute Gasteiger partial charge is 0.353 e. The van der Waals surface area contributed by atoms with Crippen molar-refractivity contribution in [3.63, 3.8) is 0 Å². The number of aromatic nitrogens is 2. The zero-order valence-corrected chi connectivity index (χ0v) is 14.4. The molecule has 126 valence electrons. The van der Waals surface area contributed by atoms with Crippen molar-refractivity contribution >= 4 is 17.4 Å². The molecule has 2 heterocycles. The Bertz CT molecular complexity index is 721. The van der Waals surface area contributed by atoms with E-state index in [1.54, 1.807) is 6.07 Å². The Morgan fingerprint density at radius 1 is 1.04 bits per heavy atom. The summed E-state index contributed by atoms with van der Waals surface area (Å²) in [6.45, 7) is 7.89. The number of hydrogen-bond acceptors (Lipinski definition) is 5. The fourth-order valence-corrected chi connectivity index (χ4v) is 2.79. The Kier molecular flexibility index (Phi) is 4.76. The van der Waals surface area contributed by atoms with Crippen molar-refractivity contribution in [2.45, 2.75) is 13.8 Å². The molecule has 1 amide bonds. The first-order valence-corrected chi connectivity index (χ1v) is 8.19. The highest BCUT2D eigenvalue weighted by molar-refractivity contribution is 6.03. The maximum Gasteiger partial charge on any atom is 0.276 e. The molecule has 2 aromatic rings. The van der Waals surface area contributed by atoms with E-state index < -0.39 is 0 Å². The normalized spacial score (nSPS) is 15.4. The van der Waals surface area contributed by atoms with E-state index in [9.17, 15) is 4.79 Å². The maximum absolute atomic E-state index is 12.3. The number of piperazine rings is 1. The number of amides is 1. The Balaban J connectivity index is 1.67. The van der Waals surface area contributed by atoms with Crippen LogP contribution < -0.4 is 10.2 Å². The van der Waals surface area contributed by atoms with Crippen LogP contribution >= 0.6 is 0 Å². The molecule has 0 aliphatic carbocycles. The third-order valence-corrected chi connectivity index (χ3v) is 4.34. The molecule has 24 heavy (non-hydrogen) atoms. The zero-order chi connectivity index (χ0) is 17.1. The SMILES string of the molecule is Cc1ccc(NC(=O)c2ccc(N3CCN(C)CC3)nn2)c(C)c1. The van der Waals surface area contributed by atoms with Crippen molar-refractivity contribution in [2.24, 2.45) is 0 Å². The summed E-state index contributed by atoms with van der Waals surface area (Å²) in [5.41, 5.74) is 3.33. The predicted molar refractivity (Wildman–Crippen MR) is 95.6 cm³/mol. The van der Waals surface area contributed by atoms with Gasteiger partial charge in [0, 0.05) is 31.9 Å². The molecule has 1 fully saturated rings.